The number of alkyl halides is 1. The van der Waals surface area contributed by atoms with E-state index in [9.17, 15) is 8.42 Å². The summed E-state index contributed by atoms with van der Waals surface area (Å²) in [5.74, 6) is 1.11. The Balaban J connectivity index is 1.91. The van der Waals surface area contributed by atoms with Crippen LogP contribution >= 0.6 is 11.6 Å². The van der Waals surface area contributed by atoms with Gasteiger partial charge in [0.15, 0.2) is 0 Å². The van der Waals surface area contributed by atoms with E-state index in [2.05, 4.69) is 4.90 Å². The van der Waals surface area contributed by atoms with E-state index in [1.54, 1.807) is 17.3 Å². The second-order valence-electron chi connectivity index (χ2n) is 5.98. The number of fused-ring (bicyclic) bond motifs is 1. The van der Waals surface area contributed by atoms with Crippen LogP contribution in [-0.2, 0) is 15.9 Å². The Kier molecular flexibility index (Phi) is 4.07. The third-order valence-corrected chi connectivity index (χ3v) is 6.87. The molecular formula is C14H21ClN2O3S. The molecule has 7 heteroatoms. The van der Waals surface area contributed by atoms with Crippen LogP contribution in [0.15, 0.2) is 15.4 Å². The Bertz CT molecular complexity index is 628. The minimum atomic E-state index is -3.52. The van der Waals surface area contributed by atoms with Gasteiger partial charge in [-0.05, 0) is 33.2 Å². The first-order chi connectivity index (χ1) is 9.93. The van der Waals surface area contributed by atoms with Crippen molar-refractivity contribution in [3.8, 4) is 0 Å². The predicted molar refractivity (Wildman–Crippen MR) is 81.0 cm³/mol. The number of sulfonamides is 1. The molecule has 2 atom stereocenters. The van der Waals surface area contributed by atoms with Gasteiger partial charge in [-0.1, -0.05) is 0 Å². The molecule has 0 spiro atoms. The third kappa shape index (κ3) is 2.63. The fourth-order valence-corrected chi connectivity index (χ4v) is 5.45. The summed E-state index contributed by atoms with van der Waals surface area (Å²) in [6.45, 7) is 6.13. The van der Waals surface area contributed by atoms with Crippen molar-refractivity contribution in [1.29, 1.82) is 0 Å². The molecule has 21 heavy (non-hydrogen) atoms. The van der Waals surface area contributed by atoms with Gasteiger partial charge in [-0.3, -0.25) is 4.90 Å². The molecule has 2 unspecified atom stereocenters. The molecule has 0 amide bonds. The average Bonchev–Trinajstić information content (AvgIpc) is 3.03. The Hall–Kier alpha value is -0.560. The Morgan fingerprint density at radius 2 is 2.19 bits per heavy atom. The third-order valence-electron chi connectivity index (χ3n) is 4.52. The standard InChI is InChI=1S/C14H21ClN2O3S/c1-10-8-16-5-3-4-12(16)9-17(10)21(18,19)14-6-13(7-15)20-11(14)2/h6,10,12H,3-5,7-9H2,1-2H3. The van der Waals surface area contributed by atoms with E-state index in [1.807, 2.05) is 6.92 Å². The average molecular weight is 333 g/mol. The summed E-state index contributed by atoms with van der Waals surface area (Å²) >= 11 is 5.74. The molecule has 1 aromatic rings. The first-order valence-corrected chi connectivity index (χ1v) is 9.32. The van der Waals surface area contributed by atoms with Gasteiger partial charge < -0.3 is 4.42 Å². The van der Waals surface area contributed by atoms with E-state index >= 15 is 0 Å². The SMILES string of the molecule is Cc1oc(CCl)cc1S(=O)(=O)N1CC2CCCN2CC1C. The van der Waals surface area contributed by atoms with Gasteiger partial charge in [0.1, 0.15) is 16.4 Å². The number of furan rings is 1. The van der Waals surface area contributed by atoms with Crippen LogP contribution in [0.5, 0.6) is 0 Å². The van der Waals surface area contributed by atoms with Crippen molar-refractivity contribution in [3.05, 3.63) is 17.6 Å². The van der Waals surface area contributed by atoms with E-state index in [0.717, 1.165) is 25.9 Å². The van der Waals surface area contributed by atoms with Crippen molar-refractivity contribution in [1.82, 2.24) is 9.21 Å². The molecule has 2 fully saturated rings. The first-order valence-electron chi connectivity index (χ1n) is 7.34. The zero-order chi connectivity index (χ0) is 15.2. The van der Waals surface area contributed by atoms with Crippen molar-refractivity contribution in [3.63, 3.8) is 0 Å². The normalized spacial score (nSPS) is 28.0. The second kappa shape index (κ2) is 5.57. The number of halogens is 1. The summed E-state index contributed by atoms with van der Waals surface area (Å²) < 4.78 is 32.9. The lowest BCUT2D eigenvalue weighted by molar-refractivity contribution is 0.117. The molecule has 1 aromatic heterocycles. The maximum atomic E-state index is 12.9. The number of aryl methyl sites for hydroxylation is 1. The highest BCUT2D eigenvalue weighted by Gasteiger charge is 2.41. The molecule has 0 saturated carbocycles. The van der Waals surface area contributed by atoms with Gasteiger partial charge >= 0.3 is 0 Å². The van der Waals surface area contributed by atoms with E-state index in [-0.39, 0.29) is 16.8 Å². The molecule has 2 aliphatic heterocycles. The lowest BCUT2D eigenvalue weighted by Crippen LogP contribution is -2.56. The maximum absolute atomic E-state index is 12.9. The topological polar surface area (TPSA) is 53.8 Å². The van der Waals surface area contributed by atoms with Gasteiger partial charge in [0.25, 0.3) is 0 Å². The van der Waals surface area contributed by atoms with Crippen LogP contribution in [0, 0.1) is 6.92 Å². The van der Waals surface area contributed by atoms with Crippen molar-refractivity contribution in [2.45, 2.75) is 49.5 Å². The second-order valence-corrected chi connectivity index (χ2v) is 8.11. The van der Waals surface area contributed by atoms with Crippen LogP contribution in [0.4, 0.5) is 0 Å². The van der Waals surface area contributed by atoms with Gasteiger partial charge in [0, 0.05) is 31.2 Å². The smallest absolute Gasteiger partial charge is 0.246 e. The summed E-state index contributed by atoms with van der Waals surface area (Å²) in [7, 11) is -3.52. The summed E-state index contributed by atoms with van der Waals surface area (Å²) in [5.41, 5.74) is 0. The number of rotatable bonds is 3. The molecule has 118 valence electrons. The number of hydrogen-bond acceptors (Lipinski definition) is 4. The van der Waals surface area contributed by atoms with Crippen molar-refractivity contribution in [2.24, 2.45) is 0 Å². The minimum Gasteiger partial charge on any atom is -0.464 e. The molecule has 0 N–H and O–H groups in total. The lowest BCUT2D eigenvalue weighted by Gasteiger charge is -2.41. The molecule has 0 bridgehead atoms. The number of hydrogen-bond donors (Lipinski definition) is 0. The molecule has 3 rings (SSSR count). The molecule has 0 aromatic carbocycles. The van der Waals surface area contributed by atoms with E-state index < -0.39 is 10.0 Å². The number of piperazine rings is 1. The molecule has 5 nitrogen and oxygen atoms in total. The van der Waals surface area contributed by atoms with Gasteiger partial charge in [-0.15, -0.1) is 11.6 Å². The van der Waals surface area contributed by atoms with Crippen LogP contribution in [0.2, 0.25) is 0 Å². The maximum Gasteiger partial charge on any atom is 0.246 e. The summed E-state index contributed by atoms with van der Waals surface area (Å²) in [6.07, 6.45) is 2.24. The van der Waals surface area contributed by atoms with E-state index in [4.69, 9.17) is 16.0 Å². The highest BCUT2D eigenvalue weighted by Crippen LogP contribution is 2.31. The van der Waals surface area contributed by atoms with E-state index in [1.165, 1.54) is 0 Å². The van der Waals surface area contributed by atoms with Crippen LogP contribution in [0.1, 0.15) is 31.3 Å². The molecular weight excluding hydrogens is 312 g/mol. The molecule has 0 aliphatic carbocycles. The van der Waals surface area contributed by atoms with Crippen LogP contribution in [0.3, 0.4) is 0 Å². The molecule has 2 saturated heterocycles. The Morgan fingerprint density at radius 1 is 1.43 bits per heavy atom. The fraction of sp³-hybridized carbons (Fsp3) is 0.714. The predicted octanol–water partition coefficient (Wildman–Crippen LogP) is 2.18. The Labute approximate surface area is 130 Å². The van der Waals surface area contributed by atoms with Gasteiger partial charge in [-0.25, -0.2) is 8.42 Å². The number of nitrogens with zero attached hydrogens (tertiary/aromatic N) is 2. The zero-order valence-corrected chi connectivity index (χ0v) is 14.0. The van der Waals surface area contributed by atoms with Gasteiger partial charge in [0.2, 0.25) is 10.0 Å². The largest absolute Gasteiger partial charge is 0.464 e. The summed E-state index contributed by atoms with van der Waals surface area (Å²) in [5, 5.41) is 0. The zero-order valence-electron chi connectivity index (χ0n) is 12.4. The highest BCUT2D eigenvalue weighted by atomic mass is 35.5. The summed E-state index contributed by atoms with van der Waals surface area (Å²) in [4.78, 5) is 2.67. The molecule has 2 aliphatic rings. The van der Waals surface area contributed by atoms with Crippen LogP contribution in [-0.4, -0.2) is 49.3 Å². The minimum absolute atomic E-state index is 0.0156. The van der Waals surface area contributed by atoms with E-state index in [0.29, 0.717) is 24.1 Å². The van der Waals surface area contributed by atoms with Gasteiger partial charge in [-0.2, -0.15) is 4.31 Å². The van der Waals surface area contributed by atoms with Crippen molar-refractivity contribution >= 4 is 21.6 Å². The Morgan fingerprint density at radius 3 is 2.86 bits per heavy atom. The molecule has 0 radical (unpaired) electrons. The molecule has 3 heterocycles. The highest BCUT2D eigenvalue weighted by molar-refractivity contribution is 7.89. The summed E-state index contributed by atoms with van der Waals surface area (Å²) in [6, 6.07) is 1.90. The monoisotopic (exact) mass is 332 g/mol. The van der Waals surface area contributed by atoms with Gasteiger partial charge in [0.05, 0.1) is 5.88 Å². The van der Waals surface area contributed by atoms with Crippen molar-refractivity contribution < 1.29 is 12.8 Å². The van der Waals surface area contributed by atoms with Crippen LogP contribution in [0.25, 0.3) is 0 Å². The first kappa shape index (κ1) is 15.3. The van der Waals surface area contributed by atoms with Crippen LogP contribution < -0.4 is 0 Å². The fourth-order valence-electron chi connectivity index (χ4n) is 3.47. The quantitative estimate of drug-likeness (QED) is 0.796. The van der Waals surface area contributed by atoms with Crippen molar-refractivity contribution in [2.75, 3.05) is 19.6 Å². The lowest BCUT2D eigenvalue weighted by atomic mass is 10.1.